The van der Waals surface area contributed by atoms with Crippen molar-refractivity contribution in [1.29, 1.82) is 0 Å². The van der Waals surface area contributed by atoms with Crippen LogP contribution in [-0.4, -0.2) is 58.8 Å². The minimum atomic E-state index is -0.620. The second-order valence-electron chi connectivity index (χ2n) is 9.05. The minimum Gasteiger partial charge on any atom is -0.487 e. The monoisotopic (exact) mass is 448 g/mol. The number of carbonyl (C=O) groups excluding carboxylic acids is 3. The first kappa shape index (κ1) is 21.6. The van der Waals surface area contributed by atoms with Crippen LogP contribution in [0.3, 0.4) is 0 Å². The van der Waals surface area contributed by atoms with E-state index >= 15 is 0 Å². The number of likely N-dealkylation sites (tertiary alicyclic amines) is 1. The number of hydrogen-bond donors (Lipinski definition) is 2. The van der Waals surface area contributed by atoms with E-state index in [1.807, 2.05) is 24.3 Å². The van der Waals surface area contributed by atoms with Crippen LogP contribution in [0.2, 0.25) is 0 Å². The smallest absolute Gasteiger partial charge is 0.255 e. The molecule has 2 fully saturated rings. The lowest BCUT2D eigenvalue weighted by Crippen LogP contribution is -2.52. The van der Waals surface area contributed by atoms with Crippen LogP contribution < -0.4 is 15.8 Å². The molecular formula is C25H28N4O4. The van der Waals surface area contributed by atoms with Gasteiger partial charge in [-0.15, -0.1) is 0 Å². The SMILES string of the molecule is NC1CCN(Cc2ccccc2)CC1Oc1ccc2c(c1)CN(C1CCC(=O)NC1=O)C2=O. The third-order valence-corrected chi connectivity index (χ3v) is 6.73. The van der Waals surface area contributed by atoms with E-state index in [-0.39, 0.29) is 30.4 Å². The zero-order chi connectivity index (χ0) is 22.9. The first-order valence-electron chi connectivity index (χ1n) is 11.4. The van der Waals surface area contributed by atoms with E-state index in [0.717, 1.165) is 31.6 Å². The molecule has 8 nitrogen and oxygen atoms in total. The van der Waals surface area contributed by atoms with Crippen LogP contribution in [0.25, 0.3) is 0 Å². The van der Waals surface area contributed by atoms with Gasteiger partial charge in [0.15, 0.2) is 0 Å². The van der Waals surface area contributed by atoms with E-state index in [1.54, 1.807) is 17.0 Å². The zero-order valence-corrected chi connectivity index (χ0v) is 18.4. The Labute approximate surface area is 192 Å². The van der Waals surface area contributed by atoms with Crippen molar-refractivity contribution >= 4 is 17.7 Å². The highest BCUT2D eigenvalue weighted by Gasteiger charge is 2.39. The Hall–Kier alpha value is -3.23. The number of rotatable bonds is 5. The summed E-state index contributed by atoms with van der Waals surface area (Å²) in [5.74, 6) is -0.208. The van der Waals surface area contributed by atoms with Crippen molar-refractivity contribution in [3.05, 3.63) is 65.2 Å². The Bertz CT molecular complexity index is 1070. The van der Waals surface area contributed by atoms with Crippen molar-refractivity contribution in [3.63, 3.8) is 0 Å². The number of piperidine rings is 2. The van der Waals surface area contributed by atoms with Gasteiger partial charge in [0.1, 0.15) is 17.9 Å². The van der Waals surface area contributed by atoms with Gasteiger partial charge in [-0.1, -0.05) is 30.3 Å². The average Bonchev–Trinajstić information content (AvgIpc) is 3.12. The summed E-state index contributed by atoms with van der Waals surface area (Å²) in [6.07, 6.45) is 1.29. The van der Waals surface area contributed by atoms with Crippen LogP contribution in [0.15, 0.2) is 48.5 Å². The van der Waals surface area contributed by atoms with E-state index in [1.165, 1.54) is 5.56 Å². The van der Waals surface area contributed by atoms with E-state index in [0.29, 0.717) is 24.3 Å². The third kappa shape index (κ3) is 4.49. The molecule has 3 unspecified atom stereocenters. The molecule has 2 aromatic carbocycles. The number of fused-ring (bicyclic) bond motifs is 1. The molecule has 0 bridgehead atoms. The van der Waals surface area contributed by atoms with Gasteiger partial charge in [-0.05, 0) is 42.2 Å². The van der Waals surface area contributed by atoms with Gasteiger partial charge in [-0.3, -0.25) is 24.6 Å². The van der Waals surface area contributed by atoms with Crippen molar-refractivity contribution in [3.8, 4) is 5.75 Å². The summed E-state index contributed by atoms with van der Waals surface area (Å²) < 4.78 is 6.29. The van der Waals surface area contributed by atoms with Gasteiger partial charge in [0.05, 0.1) is 0 Å². The Balaban J connectivity index is 1.26. The lowest BCUT2D eigenvalue weighted by molar-refractivity contribution is -0.136. The molecule has 2 aromatic rings. The van der Waals surface area contributed by atoms with Crippen LogP contribution >= 0.6 is 0 Å². The molecule has 0 aliphatic carbocycles. The molecule has 3 amide bonds. The van der Waals surface area contributed by atoms with Gasteiger partial charge < -0.3 is 15.4 Å². The normalized spacial score (nSPS) is 25.7. The minimum absolute atomic E-state index is 0.0631. The summed E-state index contributed by atoms with van der Waals surface area (Å²) in [6, 6.07) is 15.1. The molecule has 3 aliphatic heterocycles. The number of hydrogen-bond acceptors (Lipinski definition) is 6. The highest BCUT2D eigenvalue weighted by molar-refractivity contribution is 6.05. The van der Waals surface area contributed by atoms with Crippen molar-refractivity contribution < 1.29 is 19.1 Å². The van der Waals surface area contributed by atoms with E-state index in [4.69, 9.17) is 10.5 Å². The number of amides is 3. The van der Waals surface area contributed by atoms with Gasteiger partial charge in [0.25, 0.3) is 5.91 Å². The van der Waals surface area contributed by atoms with Crippen LogP contribution in [0.4, 0.5) is 0 Å². The van der Waals surface area contributed by atoms with Gasteiger partial charge in [0.2, 0.25) is 11.8 Å². The fourth-order valence-corrected chi connectivity index (χ4v) is 4.91. The van der Waals surface area contributed by atoms with Gasteiger partial charge >= 0.3 is 0 Å². The predicted molar refractivity (Wildman–Crippen MR) is 121 cm³/mol. The highest BCUT2D eigenvalue weighted by Crippen LogP contribution is 2.31. The number of ether oxygens (including phenoxy) is 1. The Morgan fingerprint density at radius 3 is 2.67 bits per heavy atom. The molecule has 172 valence electrons. The molecule has 3 aliphatic rings. The molecular weight excluding hydrogens is 420 g/mol. The largest absolute Gasteiger partial charge is 0.487 e. The summed E-state index contributed by atoms with van der Waals surface area (Å²) in [4.78, 5) is 40.5. The molecule has 33 heavy (non-hydrogen) atoms. The number of nitrogens with two attached hydrogens (primary N) is 1. The van der Waals surface area contributed by atoms with E-state index < -0.39 is 11.9 Å². The molecule has 0 aromatic heterocycles. The Morgan fingerprint density at radius 2 is 1.88 bits per heavy atom. The third-order valence-electron chi connectivity index (χ3n) is 6.73. The lowest BCUT2D eigenvalue weighted by atomic mass is 10.0. The average molecular weight is 449 g/mol. The molecule has 0 radical (unpaired) electrons. The first-order valence-corrected chi connectivity index (χ1v) is 11.4. The molecule has 5 rings (SSSR count). The molecule has 3 atom stereocenters. The second-order valence-corrected chi connectivity index (χ2v) is 9.05. The maximum atomic E-state index is 12.9. The molecule has 3 heterocycles. The number of carbonyl (C=O) groups is 3. The van der Waals surface area contributed by atoms with Crippen LogP contribution in [0, 0.1) is 0 Å². The second kappa shape index (κ2) is 8.96. The fraction of sp³-hybridized carbons (Fsp3) is 0.400. The molecule has 8 heteroatoms. The predicted octanol–water partition coefficient (Wildman–Crippen LogP) is 1.43. The first-order chi connectivity index (χ1) is 16.0. The topological polar surface area (TPSA) is 105 Å². The quantitative estimate of drug-likeness (QED) is 0.671. The summed E-state index contributed by atoms with van der Waals surface area (Å²) in [5.41, 5.74) is 9.04. The Kier molecular flexibility index (Phi) is 5.86. The van der Waals surface area contributed by atoms with Crippen molar-refractivity contribution in [1.82, 2.24) is 15.1 Å². The van der Waals surface area contributed by atoms with Crippen LogP contribution in [0.5, 0.6) is 5.75 Å². The van der Waals surface area contributed by atoms with Crippen molar-refractivity contribution in [2.24, 2.45) is 5.73 Å². The zero-order valence-electron chi connectivity index (χ0n) is 18.4. The summed E-state index contributed by atoms with van der Waals surface area (Å²) in [5, 5.41) is 2.33. The maximum Gasteiger partial charge on any atom is 0.255 e. The standard InChI is InChI=1S/C25H28N4O4/c26-20-10-11-28(13-16-4-2-1-3-5-16)15-22(20)33-18-6-7-19-17(12-18)14-29(25(19)32)21-8-9-23(30)27-24(21)31/h1-7,12,20-22H,8-11,13-15,26H2,(H,27,30,31). The van der Waals surface area contributed by atoms with Gasteiger partial charge in [-0.2, -0.15) is 0 Å². The number of nitrogens with one attached hydrogen (secondary N) is 1. The maximum absolute atomic E-state index is 12.9. The van der Waals surface area contributed by atoms with E-state index in [9.17, 15) is 14.4 Å². The van der Waals surface area contributed by atoms with E-state index in [2.05, 4.69) is 22.3 Å². The Morgan fingerprint density at radius 1 is 1.06 bits per heavy atom. The van der Waals surface area contributed by atoms with Gasteiger partial charge in [-0.25, -0.2) is 0 Å². The lowest BCUT2D eigenvalue weighted by Gasteiger charge is -2.37. The van der Waals surface area contributed by atoms with Crippen LogP contribution in [0.1, 0.15) is 40.7 Å². The molecule has 3 N–H and O–H groups in total. The van der Waals surface area contributed by atoms with Crippen molar-refractivity contribution in [2.45, 2.75) is 50.5 Å². The summed E-state index contributed by atoms with van der Waals surface area (Å²) in [6.45, 7) is 2.84. The summed E-state index contributed by atoms with van der Waals surface area (Å²) >= 11 is 0. The van der Waals surface area contributed by atoms with Crippen LogP contribution in [-0.2, 0) is 22.7 Å². The fourth-order valence-electron chi connectivity index (χ4n) is 4.91. The number of imide groups is 1. The highest BCUT2D eigenvalue weighted by atomic mass is 16.5. The van der Waals surface area contributed by atoms with Crippen molar-refractivity contribution in [2.75, 3.05) is 13.1 Å². The summed E-state index contributed by atoms with van der Waals surface area (Å²) in [7, 11) is 0. The number of benzene rings is 2. The molecule has 0 saturated carbocycles. The molecule has 2 saturated heterocycles. The molecule has 0 spiro atoms. The van der Waals surface area contributed by atoms with Gasteiger partial charge in [0, 0.05) is 44.2 Å². The number of nitrogens with zero attached hydrogens (tertiary/aromatic N) is 2.